The first-order valence-electron chi connectivity index (χ1n) is 4.70. The van der Waals surface area contributed by atoms with Gasteiger partial charge in [-0.15, -0.1) is 0 Å². The average molecular weight is 158 g/mol. The molecule has 11 heavy (non-hydrogen) atoms. The van der Waals surface area contributed by atoms with E-state index in [0.29, 0.717) is 12.1 Å². The Balaban J connectivity index is 3.44. The molecule has 0 heterocycles. The number of rotatable bonds is 6. The van der Waals surface area contributed by atoms with Crippen LogP contribution < -0.4 is 11.1 Å². The van der Waals surface area contributed by atoms with Crippen LogP contribution >= 0.6 is 0 Å². The zero-order valence-corrected chi connectivity index (χ0v) is 8.06. The Kier molecular flexibility index (Phi) is 6.57. The van der Waals surface area contributed by atoms with Gasteiger partial charge >= 0.3 is 0 Å². The standard InChI is InChI=1S/C9H22N2/c1-4-9(5-2)11-8(3)6-7-10/h8-9,11H,4-7,10H2,1-3H3. The molecule has 1 unspecified atom stereocenters. The van der Waals surface area contributed by atoms with Crippen molar-refractivity contribution in [3.05, 3.63) is 0 Å². The predicted molar refractivity (Wildman–Crippen MR) is 50.6 cm³/mol. The molecule has 0 radical (unpaired) electrons. The summed E-state index contributed by atoms with van der Waals surface area (Å²) < 4.78 is 0. The molecular weight excluding hydrogens is 136 g/mol. The van der Waals surface area contributed by atoms with E-state index in [2.05, 4.69) is 26.1 Å². The van der Waals surface area contributed by atoms with Crippen LogP contribution in [0.5, 0.6) is 0 Å². The van der Waals surface area contributed by atoms with E-state index in [1.807, 2.05) is 0 Å². The van der Waals surface area contributed by atoms with Gasteiger partial charge in [-0.1, -0.05) is 13.8 Å². The SMILES string of the molecule is CCC(CC)NC(C)CCN. The summed E-state index contributed by atoms with van der Waals surface area (Å²) in [6, 6.07) is 1.25. The predicted octanol–water partition coefficient (Wildman–Crippen LogP) is 1.50. The van der Waals surface area contributed by atoms with Crippen molar-refractivity contribution in [1.82, 2.24) is 5.32 Å². The molecule has 0 amide bonds. The van der Waals surface area contributed by atoms with Crippen molar-refractivity contribution in [2.45, 2.75) is 52.1 Å². The summed E-state index contributed by atoms with van der Waals surface area (Å²) in [5, 5.41) is 3.54. The molecule has 0 fully saturated rings. The van der Waals surface area contributed by atoms with Gasteiger partial charge in [-0.3, -0.25) is 0 Å². The molecule has 0 aliphatic rings. The lowest BCUT2D eigenvalue weighted by Crippen LogP contribution is -2.36. The smallest absolute Gasteiger partial charge is 0.00642 e. The van der Waals surface area contributed by atoms with Crippen molar-refractivity contribution in [3.8, 4) is 0 Å². The third-order valence-corrected chi connectivity index (χ3v) is 2.11. The van der Waals surface area contributed by atoms with Crippen LogP contribution in [0.2, 0.25) is 0 Å². The van der Waals surface area contributed by atoms with Gasteiger partial charge in [0.15, 0.2) is 0 Å². The zero-order chi connectivity index (χ0) is 8.69. The summed E-state index contributed by atoms with van der Waals surface area (Å²) >= 11 is 0. The van der Waals surface area contributed by atoms with Gasteiger partial charge in [0, 0.05) is 12.1 Å². The molecule has 0 aromatic carbocycles. The number of hydrogen-bond donors (Lipinski definition) is 2. The number of hydrogen-bond acceptors (Lipinski definition) is 2. The molecule has 0 rings (SSSR count). The Bertz CT molecular complexity index is 79.6. The van der Waals surface area contributed by atoms with E-state index in [4.69, 9.17) is 5.73 Å². The highest BCUT2D eigenvalue weighted by molar-refractivity contribution is 4.68. The van der Waals surface area contributed by atoms with Gasteiger partial charge < -0.3 is 11.1 Å². The Morgan fingerprint density at radius 2 is 1.82 bits per heavy atom. The lowest BCUT2D eigenvalue weighted by atomic mass is 10.1. The molecule has 2 nitrogen and oxygen atoms in total. The summed E-state index contributed by atoms with van der Waals surface area (Å²) in [5.41, 5.74) is 5.45. The van der Waals surface area contributed by atoms with Crippen LogP contribution in [0.4, 0.5) is 0 Å². The third kappa shape index (κ3) is 5.22. The van der Waals surface area contributed by atoms with Crippen molar-refractivity contribution >= 4 is 0 Å². The van der Waals surface area contributed by atoms with E-state index in [9.17, 15) is 0 Å². The lowest BCUT2D eigenvalue weighted by molar-refractivity contribution is 0.412. The maximum absolute atomic E-state index is 5.45. The fraction of sp³-hybridized carbons (Fsp3) is 1.00. The van der Waals surface area contributed by atoms with E-state index in [0.717, 1.165) is 13.0 Å². The minimum Gasteiger partial charge on any atom is -0.330 e. The highest BCUT2D eigenvalue weighted by atomic mass is 14.9. The normalized spacial score (nSPS) is 13.9. The van der Waals surface area contributed by atoms with Gasteiger partial charge in [0.1, 0.15) is 0 Å². The maximum Gasteiger partial charge on any atom is 0.00642 e. The van der Waals surface area contributed by atoms with Gasteiger partial charge in [-0.2, -0.15) is 0 Å². The fourth-order valence-corrected chi connectivity index (χ4v) is 1.26. The maximum atomic E-state index is 5.45. The minimum absolute atomic E-state index is 0.574. The summed E-state index contributed by atoms with van der Waals surface area (Å²) in [7, 11) is 0. The van der Waals surface area contributed by atoms with Crippen molar-refractivity contribution in [1.29, 1.82) is 0 Å². The van der Waals surface area contributed by atoms with E-state index < -0.39 is 0 Å². The molecule has 0 aromatic heterocycles. The minimum atomic E-state index is 0.574. The molecule has 0 aliphatic heterocycles. The van der Waals surface area contributed by atoms with Crippen LogP contribution in [0.15, 0.2) is 0 Å². The Labute approximate surface area is 70.5 Å². The molecule has 0 saturated carbocycles. The Morgan fingerprint density at radius 1 is 1.27 bits per heavy atom. The van der Waals surface area contributed by atoms with Crippen LogP contribution in [0.3, 0.4) is 0 Å². The van der Waals surface area contributed by atoms with E-state index >= 15 is 0 Å². The molecule has 0 saturated heterocycles. The quantitative estimate of drug-likeness (QED) is 0.615. The monoisotopic (exact) mass is 158 g/mol. The summed E-state index contributed by atoms with van der Waals surface area (Å²) in [5.74, 6) is 0. The van der Waals surface area contributed by atoms with Crippen LogP contribution in [-0.2, 0) is 0 Å². The largest absolute Gasteiger partial charge is 0.330 e. The van der Waals surface area contributed by atoms with Gasteiger partial charge in [0.2, 0.25) is 0 Å². The van der Waals surface area contributed by atoms with Crippen LogP contribution in [0.25, 0.3) is 0 Å². The molecule has 0 spiro atoms. The van der Waals surface area contributed by atoms with Crippen molar-refractivity contribution in [2.75, 3.05) is 6.54 Å². The average Bonchev–Trinajstić information content (AvgIpc) is 2.01. The van der Waals surface area contributed by atoms with Crippen molar-refractivity contribution in [2.24, 2.45) is 5.73 Å². The number of nitrogens with one attached hydrogen (secondary N) is 1. The van der Waals surface area contributed by atoms with Gasteiger partial charge in [-0.25, -0.2) is 0 Å². The number of nitrogens with two attached hydrogens (primary N) is 1. The molecular formula is C9H22N2. The lowest BCUT2D eigenvalue weighted by Gasteiger charge is -2.20. The van der Waals surface area contributed by atoms with Crippen molar-refractivity contribution in [3.63, 3.8) is 0 Å². The molecule has 3 N–H and O–H groups in total. The molecule has 0 aliphatic carbocycles. The molecule has 0 aromatic rings. The highest BCUT2D eigenvalue weighted by Gasteiger charge is 2.06. The summed E-state index contributed by atoms with van der Waals surface area (Å²) in [4.78, 5) is 0. The second kappa shape index (κ2) is 6.62. The summed E-state index contributed by atoms with van der Waals surface area (Å²) in [6.45, 7) is 7.42. The Hall–Kier alpha value is -0.0800. The third-order valence-electron chi connectivity index (χ3n) is 2.11. The molecule has 1 atom stereocenters. The Morgan fingerprint density at radius 3 is 2.18 bits per heavy atom. The molecule has 2 heteroatoms. The molecule has 0 bridgehead atoms. The van der Waals surface area contributed by atoms with E-state index in [1.165, 1.54) is 12.8 Å². The van der Waals surface area contributed by atoms with Crippen LogP contribution in [0, 0.1) is 0 Å². The first-order valence-corrected chi connectivity index (χ1v) is 4.70. The van der Waals surface area contributed by atoms with Gasteiger partial charge in [0.25, 0.3) is 0 Å². The zero-order valence-electron chi connectivity index (χ0n) is 8.06. The molecule has 68 valence electrons. The van der Waals surface area contributed by atoms with Crippen molar-refractivity contribution < 1.29 is 0 Å². The second-order valence-corrected chi connectivity index (χ2v) is 3.16. The van der Waals surface area contributed by atoms with Crippen LogP contribution in [-0.4, -0.2) is 18.6 Å². The van der Waals surface area contributed by atoms with Gasteiger partial charge in [0.05, 0.1) is 0 Å². The first-order chi connectivity index (χ1) is 5.24. The van der Waals surface area contributed by atoms with Gasteiger partial charge in [-0.05, 0) is 32.7 Å². The topological polar surface area (TPSA) is 38.0 Å². The van der Waals surface area contributed by atoms with Crippen LogP contribution in [0.1, 0.15) is 40.0 Å². The highest BCUT2D eigenvalue weighted by Crippen LogP contribution is 1.99. The first kappa shape index (κ1) is 10.9. The van der Waals surface area contributed by atoms with E-state index in [1.54, 1.807) is 0 Å². The summed E-state index contributed by atoms with van der Waals surface area (Å²) in [6.07, 6.45) is 3.51. The van der Waals surface area contributed by atoms with E-state index in [-0.39, 0.29) is 0 Å². The fourth-order valence-electron chi connectivity index (χ4n) is 1.26. The second-order valence-electron chi connectivity index (χ2n) is 3.16.